The third-order valence-electron chi connectivity index (χ3n) is 3.23. The fraction of sp³-hybridized carbons (Fsp3) is 0.417. The van der Waals surface area contributed by atoms with Crippen molar-refractivity contribution in [3.8, 4) is 0 Å². The molecule has 0 amide bonds. The Morgan fingerprint density at radius 3 is 2.76 bits per heavy atom. The molecule has 0 spiro atoms. The van der Waals surface area contributed by atoms with Crippen LogP contribution >= 0.6 is 11.6 Å². The van der Waals surface area contributed by atoms with Crippen LogP contribution in [0.3, 0.4) is 0 Å². The molecular weight excluding hydrogens is 319 g/mol. The highest BCUT2D eigenvalue weighted by atomic mass is 35.5. The van der Waals surface area contributed by atoms with Crippen molar-refractivity contribution in [1.29, 1.82) is 0 Å². The number of rotatable bonds is 5. The smallest absolute Gasteiger partial charge is 0.166 e. The minimum Gasteiger partial charge on any atom is -0.228 e. The van der Waals surface area contributed by atoms with Crippen molar-refractivity contribution in [2.24, 2.45) is 0 Å². The number of sulfone groups is 1. The van der Waals surface area contributed by atoms with Crippen LogP contribution in [0.5, 0.6) is 0 Å². The fourth-order valence-electron chi connectivity index (χ4n) is 2.05. The van der Waals surface area contributed by atoms with Gasteiger partial charge in [-0.1, -0.05) is 17.7 Å². The van der Waals surface area contributed by atoms with Crippen molar-refractivity contribution >= 4 is 21.4 Å². The highest BCUT2D eigenvalue weighted by Crippen LogP contribution is 2.34. The largest absolute Gasteiger partial charge is 0.228 e. The van der Waals surface area contributed by atoms with E-state index >= 15 is 0 Å². The van der Waals surface area contributed by atoms with E-state index in [9.17, 15) is 12.8 Å². The summed E-state index contributed by atoms with van der Waals surface area (Å²) in [6, 6.07) is 4.26. The molecule has 0 radical (unpaired) electrons. The highest BCUT2D eigenvalue weighted by molar-refractivity contribution is 7.89. The van der Waals surface area contributed by atoms with Gasteiger partial charge in [0.1, 0.15) is 11.6 Å². The first kappa shape index (κ1) is 14.4. The molecule has 0 atom stereocenters. The second kappa shape index (κ2) is 5.34. The summed E-state index contributed by atoms with van der Waals surface area (Å²) in [4.78, 5) is 0. The van der Waals surface area contributed by atoms with Crippen LogP contribution in [-0.4, -0.2) is 28.6 Å². The van der Waals surface area contributed by atoms with Gasteiger partial charge in [-0.2, -0.15) is 0 Å². The second-order valence-electron chi connectivity index (χ2n) is 5.00. The lowest BCUT2D eigenvalue weighted by Gasteiger charge is -2.07. The first-order valence-electron chi connectivity index (χ1n) is 6.36. The molecule has 0 N–H and O–H groups in total. The van der Waals surface area contributed by atoms with Crippen molar-refractivity contribution in [1.82, 2.24) is 20.2 Å². The van der Waals surface area contributed by atoms with Gasteiger partial charge in [0.05, 0.1) is 11.8 Å². The molecule has 1 aliphatic rings. The zero-order valence-corrected chi connectivity index (χ0v) is 12.5. The Hall–Kier alpha value is -1.54. The van der Waals surface area contributed by atoms with E-state index in [1.165, 1.54) is 22.9 Å². The molecule has 1 heterocycles. The molecule has 1 saturated carbocycles. The van der Waals surface area contributed by atoms with Crippen LogP contribution in [0, 0.1) is 5.82 Å². The Balaban J connectivity index is 1.82. The van der Waals surface area contributed by atoms with Crippen LogP contribution in [0.2, 0.25) is 5.02 Å². The lowest BCUT2D eigenvalue weighted by molar-refractivity contribution is 0.571. The number of halogens is 2. The van der Waals surface area contributed by atoms with Crippen molar-refractivity contribution in [3.05, 3.63) is 40.4 Å². The van der Waals surface area contributed by atoms with E-state index in [0.717, 1.165) is 12.8 Å². The van der Waals surface area contributed by atoms with Gasteiger partial charge in [-0.25, -0.2) is 17.5 Å². The molecule has 0 bridgehead atoms. The molecule has 1 aromatic carbocycles. The van der Waals surface area contributed by atoms with Gasteiger partial charge in [-0.15, -0.1) is 5.10 Å². The van der Waals surface area contributed by atoms with E-state index < -0.39 is 21.4 Å². The third-order valence-corrected chi connectivity index (χ3v) is 5.01. The zero-order chi connectivity index (χ0) is 15.0. The molecule has 0 aliphatic heterocycles. The molecule has 1 aliphatic carbocycles. The SMILES string of the molecule is O=S(=O)(Cc1c(F)cccc1Cl)Cc1nnnn1C1CC1. The molecule has 0 saturated heterocycles. The van der Waals surface area contributed by atoms with E-state index in [2.05, 4.69) is 15.5 Å². The van der Waals surface area contributed by atoms with Crippen LogP contribution < -0.4 is 0 Å². The maximum atomic E-state index is 13.7. The van der Waals surface area contributed by atoms with Crippen molar-refractivity contribution in [2.45, 2.75) is 30.4 Å². The maximum Gasteiger partial charge on any atom is 0.166 e. The average molecular weight is 331 g/mol. The van der Waals surface area contributed by atoms with Gasteiger partial charge in [0, 0.05) is 10.6 Å². The Morgan fingerprint density at radius 1 is 1.33 bits per heavy atom. The molecule has 1 fully saturated rings. The summed E-state index contributed by atoms with van der Waals surface area (Å²) in [5.41, 5.74) is -0.0235. The average Bonchev–Trinajstić information content (AvgIpc) is 3.15. The number of aromatic nitrogens is 4. The molecule has 3 rings (SSSR count). The van der Waals surface area contributed by atoms with Crippen molar-refractivity contribution in [3.63, 3.8) is 0 Å². The number of nitrogens with zero attached hydrogens (tertiary/aromatic N) is 4. The first-order valence-corrected chi connectivity index (χ1v) is 8.56. The van der Waals surface area contributed by atoms with Crippen molar-refractivity contribution in [2.75, 3.05) is 0 Å². The Labute approximate surface area is 125 Å². The van der Waals surface area contributed by atoms with Gasteiger partial charge in [0.2, 0.25) is 0 Å². The predicted molar refractivity (Wildman–Crippen MR) is 73.8 cm³/mol. The zero-order valence-electron chi connectivity index (χ0n) is 10.9. The topological polar surface area (TPSA) is 77.7 Å². The summed E-state index contributed by atoms with van der Waals surface area (Å²) in [6.45, 7) is 0. The summed E-state index contributed by atoms with van der Waals surface area (Å²) in [6.07, 6.45) is 1.88. The summed E-state index contributed by atoms with van der Waals surface area (Å²) >= 11 is 5.86. The van der Waals surface area contributed by atoms with Gasteiger partial charge < -0.3 is 0 Å². The second-order valence-corrected chi connectivity index (χ2v) is 7.48. The lowest BCUT2D eigenvalue weighted by atomic mass is 10.2. The molecular formula is C12H12ClFN4O2S. The molecule has 2 aromatic rings. The van der Waals surface area contributed by atoms with Crippen LogP contribution in [0.15, 0.2) is 18.2 Å². The number of hydrogen-bond acceptors (Lipinski definition) is 5. The molecule has 9 heteroatoms. The third kappa shape index (κ3) is 3.21. The molecule has 0 unspecified atom stereocenters. The van der Waals surface area contributed by atoms with Gasteiger partial charge in [-0.05, 0) is 35.4 Å². The Kier molecular flexibility index (Phi) is 3.66. The Bertz CT molecular complexity index is 753. The van der Waals surface area contributed by atoms with Gasteiger partial charge >= 0.3 is 0 Å². The van der Waals surface area contributed by atoms with Gasteiger partial charge in [0.15, 0.2) is 15.7 Å². The quantitative estimate of drug-likeness (QED) is 0.837. The molecule has 6 nitrogen and oxygen atoms in total. The number of benzene rings is 1. The standard InChI is InChI=1S/C12H12ClFN4O2S/c13-10-2-1-3-11(14)9(10)6-21(19,20)7-12-15-16-17-18(12)8-4-5-8/h1-3,8H,4-7H2. The summed E-state index contributed by atoms with van der Waals surface area (Å²) in [5, 5.41) is 11.1. The van der Waals surface area contributed by atoms with E-state index in [-0.39, 0.29) is 28.2 Å². The minimum atomic E-state index is -3.62. The fourth-order valence-corrected chi connectivity index (χ4v) is 3.78. The van der Waals surface area contributed by atoms with Crippen LogP contribution in [0.1, 0.15) is 30.3 Å². The van der Waals surface area contributed by atoms with Crippen LogP contribution in [-0.2, 0) is 21.3 Å². The van der Waals surface area contributed by atoms with E-state index in [4.69, 9.17) is 11.6 Å². The summed E-state index contributed by atoms with van der Waals surface area (Å²) in [7, 11) is -3.62. The predicted octanol–water partition coefficient (Wildman–Crippen LogP) is 1.92. The van der Waals surface area contributed by atoms with Crippen LogP contribution in [0.25, 0.3) is 0 Å². The minimum absolute atomic E-state index is 0.0235. The van der Waals surface area contributed by atoms with Crippen LogP contribution in [0.4, 0.5) is 4.39 Å². The van der Waals surface area contributed by atoms with E-state index in [0.29, 0.717) is 0 Å². The van der Waals surface area contributed by atoms with E-state index in [1.807, 2.05) is 0 Å². The maximum absolute atomic E-state index is 13.7. The van der Waals surface area contributed by atoms with Gasteiger partial charge in [0.25, 0.3) is 0 Å². The van der Waals surface area contributed by atoms with E-state index in [1.54, 1.807) is 0 Å². The molecule has 1 aromatic heterocycles. The summed E-state index contributed by atoms with van der Waals surface area (Å²) in [5.74, 6) is -1.16. The lowest BCUT2D eigenvalue weighted by Crippen LogP contribution is -2.14. The highest BCUT2D eigenvalue weighted by Gasteiger charge is 2.30. The Morgan fingerprint density at radius 2 is 2.10 bits per heavy atom. The van der Waals surface area contributed by atoms with Crippen molar-refractivity contribution < 1.29 is 12.8 Å². The summed E-state index contributed by atoms with van der Waals surface area (Å²) < 4.78 is 39.7. The first-order chi connectivity index (χ1) is 9.96. The van der Waals surface area contributed by atoms with Gasteiger partial charge in [-0.3, -0.25) is 0 Å². The number of hydrogen-bond donors (Lipinski definition) is 0. The molecule has 112 valence electrons. The normalized spacial score (nSPS) is 15.3. The molecule has 21 heavy (non-hydrogen) atoms. The number of tetrazole rings is 1. The monoisotopic (exact) mass is 330 g/mol.